The lowest BCUT2D eigenvalue weighted by atomic mass is 10.1. The molecule has 3 aromatic heterocycles. The quantitative estimate of drug-likeness (QED) is 0.561. The van der Waals surface area contributed by atoms with Crippen molar-refractivity contribution in [2.24, 2.45) is 7.05 Å². The Balaban J connectivity index is 1.41. The van der Waals surface area contributed by atoms with Crippen molar-refractivity contribution in [2.45, 2.75) is 18.9 Å². The first-order valence-corrected chi connectivity index (χ1v) is 9.17. The molecule has 3 heterocycles. The lowest BCUT2D eigenvalue weighted by molar-refractivity contribution is 0.102. The summed E-state index contributed by atoms with van der Waals surface area (Å²) in [5.74, 6) is 0.525. The number of benzene rings is 1. The maximum atomic E-state index is 12.8. The van der Waals surface area contributed by atoms with E-state index in [0.29, 0.717) is 22.9 Å². The van der Waals surface area contributed by atoms with Gasteiger partial charge in [0.2, 0.25) is 0 Å². The van der Waals surface area contributed by atoms with Crippen LogP contribution in [-0.4, -0.2) is 36.3 Å². The molecule has 1 amide bonds. The van der Waals surface area contributed by atoms with E-state index < -0.39 is 0 Å². The van der Waals surface area contributed by atoms with Crippen LogP contribution in [0, 0.1) is 0 Å². The van der Waals surface area contributed by atoms with E-state index in [-0.39, 0.29) is 5.91 Å². The van der Waals surface area contributed by atoms with Gasteiger partial charge in [0.1, 0.15) is 11.4 Å². The van der Waals surface area contributed by atoms with Gasteiger partial charge in [-0.1, -0.05) is 12.1 Å². The van der Waals surface area contributed by atoms with Gasteiger partial charge in [-0.25, -0.2) is 9.50 Å². The Morgan fingerprint density at radius 2 is 2.04 bits per heavy atom. The van der Waals surface area contributed by atoms with Crippen molar-refractivity contribution in [3.63, 3.8) is 0 Å². The molecule has 140 valence electrons. The molecule has 4 aromatic rings. The number of hydrogen-bond donors (Lipinski definition) is 2. The van der Waals surface area contributed by atoms with Crippen molar-refractivity contribution in [3.05, 3.63) is 60.7 Å². The number of nitrogens with zero attached hydrogens (tertiary/aromatic N) is 5. The minimum atomic E-state index is -0.241. The Morgan fingerprint density at radius 1 is 1.14 bits per heavy atom. The molecule has 28 heavy (non-hydrogen) atoms. The van der Waals surface area contributed by atoms with Gasteiger partial charge in [-0.05, 0) is 36.6 Å². The highest BCUT2D eigenvalue weighted by Gasteiger charge is 2.22. The van der Waals surface area contributed by atoms with E-state index in [0.717, 1.165) is 29.8 Å². The van der Waals surface area contributed by atoms with Crippen molar-refractivity contribution < 1.29 is 4.79 Å². The highest BCUT2D eigenvalue weighted by molar-refractivity contribution is 6.08. The van der Waals surface area contributed by atoms with Crippen LogP contribution < -0.4 is 10.6 Å². The van der Waals surface area contributed by atoms with Gasteiger partial charge >= 0.3 is 0 Å². The molecule has 1 saturated carbocycles. The summed E-state index contributed by atoms with van der Waals surface area (Å²) in [5, 5.41) is 14.7. The van der Waals surface area contributed by atoms with Crippen LogP contribution in [0.25, 0.3) is 16.8 Å². The average molecular weight is 373 g/mol. The molecule has 0 bridgehead atoms. The van der Waals surface area contributed by atoms with E-state index in [2.05, 4.69) is 25.8 Å². The SMILES string of the molecule is Cn1cc(-c2cccc(NC(=O)c3cnn4ccc(NC5CC5)nc34)c2)cn1. The summed E-state index contributed by atoms with van der Waals surface area (Å²) in [6.45, 7) is 0. The lowest BCUT2D eigenvalue weighted by Gasteiger charge is -2.07. The molecule has 0 aliphatic heterocycles. The fraction of sp³-hybridized carbons (Fsp3) is 0.200. The standard InChI is InChI=1S/C20H19N7O/c1-26-12-14(10-21-26)13-3-2-4-16(9-13)24-20(28)17-11-22-27-8-7-18(25-19(17)27)23-15-5-6-15/h2-4,7-12,15H,5-6H2,1H3,(H,23,25)(H,24,28). The summed E-state index contributed by atoms with van der Waals surface area (Å²) in [6, 6.07) is 10.0. The smallest absolute Gasteiger partial charge is 0.261 e. The van der Waals surface area contributed by atoms with Crippen molar-refractivity contribution in [2.75, 3.05) is 10.6 Å². The van der Waals surface area contributed by atoms with Gasteiger partial charge in [-0.2, -0.15) is 10.2 Å². The molecule has 1 aliphatic carbocycles. The topological polar surface area (TPSA) is 89.1 Å². The molecule has 1 fully saturated rings. The largest absolute Gasteiger partial charge is 0.367 e. The molecule has 8 heteroatoms. The third-order valence-electron chi connectivity index (χ3n) is 4.70. The minimum Gasteiger partial charge on any atom is -0.367 e. The zero-order valence-corrected chi connectivity index (χ0v) is 15.3. The van der Waals surface area contributed by atoms with Crippen molar-refractivity contribution in [1.82, 2.24) is 24.4 Å². The Hall–Kier alpha value is -3.68. The van der Waals surface area contributed by atoms with Gasteiger partial charge < -0.3 is 10.6 Å². The van der Waals surface area contributed by atoms with Crippen LogP contribution in [0.15, 0.2) is 55.1 Å². The van der Waals surface area contributed by atoms with E-state index in [1.165, 1.54) is 0 Å². The number of fused-ring (bicyclic) bond motifs is 1. The molecular formula is C20H19N7O. The second-order valence-corrected chi connectivity index (χ2v) is 7.00. The number of rotatable bonds is 5. The summed E-state index contributed by atoms with van der Waals surface area (Å²) in [4.78, 5) is 17.4. The third kappa shape index (κ3) is 3.20. The van der Waals surface area contributed by atoms with Gasteiger partial charge in [0, 0.05) is 36.7 Å². The molecule has 5 rings (SSSR count). The maximum Gasteiger partial charge on any atom is 0.261 e. The Morgan fingerprint density at radius 3 is 2.82 bits per heavy atom. The molecule has 1 aromatic carbocycles. The van der Waals surface area contributed by atoms with Crippen LogP contribution in [0.4, 0.5) is 11.5 Å². The second-order valence-electron chi connectivity index (χ2n) is 7.00. The molecule has 8 nitrogen and oxygen atoms in total. The molecule has 0 saturated heterocycles. The minimum absolute atomic E-state index is 0.241. The first-order valence-electron chi connectivity index (χ1n) is 9.17. The van der Waals surface area contributed by atoms with E-state index >= 15 is 0 Å². The highest BCUT2D eigenvalue weighted by atomic mass is 16.1. The summed E-state index contributed by atoms with van der Waals surface area (Å²) in [5.41, 5.74) is 3.66. The van der Waals surface area contributed by atoms with Crippen LogP contribution in [0.3, 0.4) is 0 Å². The fourth-order valence-corrected chi connectivity index (χ4v) is 3.09. The van der Waals surface area contributed by atoms with Crippen molar-refractivity contribution in [1.29, 1.82) is 0 Å². The van der Waals surface area contributed by atoms with E-state index in [1.54, 1.807) is 21.6 Å². The normalized spacial score (nSPS) is 13.6. The zero-order valence-electron chi connectivity index (χ0n) is 15.3. The lowest BCUT2D eigenvalue weighted by Crippen LogP contribution is -2.12. The molecule has 0 radical (unpaired) electrons. The van der Waals surface area contributed by atoms with Crippen LogP contribution in [0.1, 0.15) is 23.2 Å². The number of carbonyl (C=O) groups excluding carboxylic acids is 1. The van der Waals surface area contributed by atoms with Gasteiger partial charge in [0.15, 0.2) is 5.65 Å². The number of amides is 1. The number of nitrogens with one attached hydrogen (secondary N) is 2. The Bertz CT molecular complexity index is 1170. The molecule has 0 spiro atoms. The van der Waals surface area contributed by atoms with Crippen LogP contribution in [-0.2, 0) is 7.05 Å². The van der Waals surface area contributed by atoms with Crippen LogP contribution in [0.2, 0.25) is 0 Å². The van der Waals surface area contributed by atoms with Gasteiger partial charge in [0.25, 0.3) is 5.91 Å². The maximum absolute atomic E-state index is 12.8. The van der Waals surface area contributed by atoms with Crippen LogP contribution >= 0.6 is 0 Å². The van der Waals surface area contributed by atoms with E-state index in [4.69, 9.17) is 0 Å². The summed E-state index contributed by atoms with van der Waals surface area (Å²) >= 11 is 0. The number of aromatic nitrogens is 5. The molecule has 0 atom stereocenters. The Labute approximate surface area is 161 Å². The predicted molar refractivity (Wildman–Crippen MR) is 106 cm³/mol. The Kier molecular flexibility index (Phi) is 3.82. The average Bonchev–Trinajstić information content (AvgIpc) is 3.23. The number of carbonyl (C=O) groups is 1. The molecule has 0 unspecified atom stereocenters. The molecule has 2 N–H and O–H groups in total. The molecule has 1 aliphatic rings. The number of aryl methyl sites for hydroxylation is 1. The van der Waals surface area contributed by atoms with E-state index in [9.17, 15) is 4.79 Å². The fourth-order valence-electron chi connectivity index (χ4n) is 3.09. The van der Waals surface area contributed by atoms with Crippen molar-refractivity contribution in [3.8, 4) is 11.1 Å². The monoisotopic (exact) mass is 373 g/mol. The van der Waals surface area contributed by atoms with E-state index in [1.807, 2.05) is 49.8 Å². The first kappa shape index (κ1) is 16.5. The van der Waals surface area contributed by atoms with Crippen LogP contribution in [0.5, 0.6) is 0 Å². The summed E-state index contributed by atoms with van der Waals surface area (Å²) < 4.78 is 3.36. The van der Waals surface area contributed by atoms with Crippen molar-refractivity contribution >= 4 is 23.1 Å². The third-order valence-corrected chi connectivity index (χ3v) is 4.70. The summed E-state index contributed by atoms with van der Waals surface area (Å²) in [6.07, 6.45) is 9.41. The first-order chi connectivity index (χ1) is 13.7. The van der Waals surface area contributed by atoms with Gasteiger partial charge in [-0.3, -0.25) is 9.48 Å². The number of hydrogen-bond acceptors (Lipinski definition) is 5. The van der Waals surface area contributed by atoms with Gasteiger partial charge in [-0.15, -0.1) is 0 Å². The highest BCUT2D eigenvalue weighted by Crippen LogP contribution is 2.25. The number of anilines is 2. The van der Waals surface area contributed by atoms with Gasteiger partial charge in [0.05, 0.1) is 12.4 Å². The molecular weight excluding hydrogens is 354 g/mol. The summed E-state index contributed by atoms with van der Waals surface area (Å²) in [7, 11) is 1.87. The zero-order chi connectivity index (χ0) is 19.1. The second kappa shape index (κ2) is 6.49. The predicted octanol–water partition coefficient (Wildman–Crippen LogP) is 2.96.